The molecule has 0 nitrogen and oxygen atoms in total. The van der Waals surface area contributed by atoms with Gasteiger partial charge in [-0.05, 0) is 18.4 Å². The highest BCUT2D eigenvalue weighted by Gasteiger charge is 2.55. The van der Waals surface area contributed by atoms with Crippen molar-refractivity contribution in [2.75, 3.05) is 0 Å². The molecule has 1 aliphatic carbocycles. The Morgan fingerprint density at radius 3 is 2.38 bits per heavy atom. The Kier molecular flexibility index (Phi) is 2.06. The van der Waals surface area contributed by atoms with Crippen LogP contribution in [0.15, 0.2) is 30.3 Å². The normalized spacial score (nSPS) is 24.3. The first kappa shape index (κ1) is 8.67. The molecule has 0 amide bonds. The first-order chi connectivity index (χ1) is 6.18. The Morgan fingerprint density at radius 2 is 1.85 bits per heavy atom. The van der Waals surface area contributed by atoms with E-state index < -0.39 is 5.92 Å². The van der Waals surface area contributed by atoms with Crippen LogP contribution < -0.4 is 0 Å². The van der Waals surface area contributed by atoms with Gasteiger partial charge in [0, 0.05) is 12.3 Å². The number of rotatable bonds is 3. The van der Waals surface area contributed by atoms with E-state index in [0.717, 1.165) is 12.0 Å². The van der Waals surface area contributed by atoms with E-state index in [1.807, 2.05) is 30.3 Å². The van der Waals surface area contributed by atoms with Crippen molar-refractivity contribution in [3.05, 3.63) is 35.9 Å². The van der Waals surface area contributed by atoms with Crippen LogP contribution in [0.25, 0.3) is 0 Å². The molecule has 1 atom stereocenters. The molecule has 0 radical (unpaired) electrons. The van der Waals surface area contributed by atoms with E-state index in [9.17, 15) is 8.78 Å². The maximum Gasteiger partial charge on any atom is 0.251 e. The molecule has 0 aromatic heterocycles. The predicted molar refractivity (Wildman–Crippen MR) is 47.8 cm³/mol. The topological polar surface area (TPSA) is 0 Å². The quantitative estimate of drug-likeness (QED) is 0.673. The highest BCUT2D eigenvalue weighted by molar-refractivity contribution is 5.15. The Hall–Kier alpha value is -0.920. The van der Waals surface area contributed by atoms with Crippen molar-refractivity contribution in [3.63, 3.8) is 0 Å². The van der Waals surface area contributed by atoms with Crippen LogP contribution in [0, 0.1) is 5.92 Å². The molecule has 0 bridgehead atoms. The number of hydrogen-bond acceptors (Lipinski definition) is 0. The number of aryl methyl sites for hydroxylation is 1. The summed E-state index contributed by atoms with van der Waals surface area (Å²) in [5, 5.41) is 0. The van der Waals surface area contributed by atoms with Crippen LogP contribution in [0.1, 0.15) is 18.4 Å². The molecule has 1 aliphatic rings. The summed E-state index contributed by atoms with van der Waals surface area (Å²) in [5.74, 6) is -2.71. The molecule has 0 spiro atoms. The zero-order valence-electron chi connectivity index (χ0n) is 7.34. The summed E-state index contributed by atoms with van der Waals surface area (Å²) in [7, 11) is 0. The van der Waals surface area contributed by atoms with Gasteiger partial charge in [0.1, 0.15) is 0 Å². The molecule has 2 heteroatoms. The Bertz CT molecular complexity index is 279. The molecule has 1 aromatic rings. The van der Waals surface area contributed by atoms with E-state index in [1.165, 1.54) is 0 Å². The summed E-state index contributed by atoms with van der Waals surface area (Å²) < 4.78 is 25.0. The molecule has 1 aromatic carbocycles. The van der Waals surface area contributed by atoms with Crippen LogP contribution >= 0.6 is 0 Å². The molecule has 1 saturated carbocycles. The molecule has 1 fully saturated rings. The van der Waals surface area contributed by atoms with Crippen LogP contribution in [0.5, 0.6) is 0 Å². The lowest BCUT2D eigenvalue weighted by atomic mass is 10.1. The number of hydrogen-bond donors (Lipinski definition) is 0. The summed E-state index contributed by atoms with van der Waals surface area (Å²) in [6, 6.07) is 9.80. The third-order valence-electron chi connectivity index (χ3n) is 2.58. The zero-order chi connectivity index (χ0) is 9.31. The highest BCUT2D eigenvalue weighted by Crippen LogP contribution is 2.50. The molecule has 13 heavy (non-hydrogen) atoms. The van der Waals surface area contributed by atoms with Crippen molar-refractivity contribution in [1.29, 1.82) is 0 Å². The van der Waals surface area contributed by atoms with E-state index >= 15 is 0 Å². The van der Waals surface area contributed by atoms with Gasteiger partial charge in [-0.1, -0.05) is 30.3 Å². The van der Waals surface area contributed by atoms with Gasteiger partial charge in [0.25, 0.3) is 5.92 Å². The minimum atomic E-state index is -2.35. The van der Waals surface area contributed by atoms with Gasteiger partial charge in [-0.15, -0.1) is 0 Å². The van der Waals surface area contributed by atoms with Crippen LogP contribution in [0.3, 0.4) is 0 Å². The average Bonchev–Trinajstić information content (AvgIpc) is 2.73. The van der Waals surface area contributed by atoms with Crippen LogP contribution in [0.2, 0.25) is 0 Å². The molecule has 0 heterocycles. The van der Waals surface area contributed by atoms with Crippen molar-refractivity contribution in [1.82, 2.24) is 0 Å². The monoisotopic (exact) mass is 182 g/mol. The second-order valence-corrected chi connectivity index (χ2v) is 3.69. The van der Waals surface area contributed by atoms with Crippen molar-refractivity contribution in [2.45, 2.75) is 25.2 Å². The van der Waals surface area contributed by atoms with Gasteiger partial charge < -0.3 is 0 Å². The SMILES string of the molecule is FC1(F)CC1CCc1ccccc1. The minimum absolute atomic E-state index is 0.0971. The van der Waals surface area contributed by atoms with Gasteiger partial charge in [0.15, 0.2) is 0 Å². The van der Waals surface area contributed by atoms with Gasteiger partial charge in [-0.25, -0.2) is 8.78 Å². The molecule has 0 aliphatic heterocycles. The van der Waals surface area contributed by atoms with Crippen LogP contribution in [-0.2, 0) is 6.42 Å². The lowest BCUT2D eigenvalue weighted by Crippen LogP contribution is -1.95. The van der Waals surface area contributed by atoms with Crippen molar-refractivity contribution < 1.29 is 8.78 Å². The van der Waals surface area contributed by atoms with Gasteiger partial charge in [0.05, 0.1) is 0 Å². The average molecular weight is 182 g/mol. The minimum Gasteiger partial charge on any atom is -0.207 e. The highest BCUT2D eigenvalue weighted by atomic mass is 19.3. The Morgan fingerprint density at radius 1 is 1.23 bits per heavy atom. The largest absolute Gasteiger partial charge is 0.251 e. The molecule has 0 N–H and O–H groups in total. The molecule has 0 saturated heterocycles. The van der Waals surface area contributed by atoms with E-state index in [4.69, 9.17) is 0 Å². The number of benzene rings is 1. The smallest absolute Gasteiger partial charge is 0.207 e. The van der Waals surface area contributed by atoms with Crippen LogP contribution in [-0.4, -0.2) is 5.92 Å². The maximum atomic E-state index is 12.5. The fourth-order valence-corrected chi connectivity index (χ4v) is 1.57. The lowest BCUT2D eigenvalue weighted by Gasteiger charge is -1.99. The third-order valence-corrected chi connectivity index (χ3v) is 2.58. The predicted octanol–water partition coefficient (Wildman–Crippen LogP) is 3.27. The van der Waals surface area contributed by atoms with E-state index in [-0.39, 0.29) is 12.3 Å². The summed E-state index contributed by atoms with van der Waals surface area (Å²) in [4.78, 5) is 0. The fourth-order valence-electron chi connectivity index (χ4n) is 1.57. The second kappa shape index (κ2) is 3.09. The summed E-state index contributed by atoms with van der Waals surface area (Å²) in [5.41, 5.74) is 1.16. The first-order valence-corrected chi connectivity index (χ1v) is 4.60. The molecule has 2 rings (SSSR count). The molecule has 70 valence electrons. The number of alkyl halides is 2. The zero-order valence-corrected chi connectivity index (χ0v) is 7.34. The van der Waals surface area contributed by atoms with Gasteiger partial charge in [0.2, 0.25) is 0 Å². The maximum absolute atomic E-state index is 12.5. The van der Waals surface area contributed by atoms with Crippen molar-refractivity contribution >= 4 is 0 Å². The van der Waals surface area contributed by atoms with Crippen molar-refractivity contribution in [2.24, 2.45) is 5.92 Å². The van der Waals surface area contributed by atoms with Gasteiger partial charge in [-0.2, -0.15) is 0 Å². The van der Waals surface area contributed by atoms with E-state index in [2.05, 4.69) is 0 Å². The number of halogens is 2. The molecular formula is C11H12F2. The Labute approximate surface area is 76.6 Å². The second-order valence-electron chi connectivity index (χ2n) is 3.69. The van der Waals surface area contributed by atoms with E-state index in [0.29, 0.717) is 6.42 Å². The van der Waals surface area contributed by atoms with Gasteiger partial charge >= 0.3 is 0 Å². The van der Waals surface area contributed by atoms with Crippen LogP contribution in [0.4, 0.5) is 8.78 Å². The molecule has 1 unspecified atom stereocenters. The summed E-state index contributed by atoms with van der Waals surface area (Å²) in [6.45, 7) is 0. The summed E-state index contributed by atoms with van der Waals surface area (Å²) in [6.07, 6.45) is 1.50. The van der Waals surface area contributed by atoms with Crippen molar-refractivity contribution in [3.8, 4) is 0 Å². The van der Waals surface area contributed by atoms with Gasteiger partial charge in [-0.3, -0.25) is 0 Å². The fraction of sp³-hybridized carbons (Fsp3) is 0.455. The first-order valence-electron chi connectivity index (χ1n) is 4.60. The standard InChI is InChI=1S/C11H12F2/c12-11(13)8-10(11)7-6-9-4-2-1-3-5-9/h1-5,10H,6-8H2. The lowest BCUT2D eigenvalue weighted by molar-refractivity contribution is 0.0971. The van der Waals surface area contributed by atoms with E-state index in [1.54, 1.807) is 0 Å². The Balaban J connectivity index is 1.82. The summed E-state index contributed by atoms with van der Waals surface area (Å²) >= 11 is 0. The third kappa shape index (κ3) is 2.06. The molecular weight excluding hydrogens is 170 g/mol.